The molecule has 0 aliphatic rings. The zero-order valence-electron chi connectivity index (χ0n) is 11.7. The Morgan fingerprint density at radius 1 is 0.900 bits per heavy atom. The molecular formula is C16H18O4. The Balaban J connectivity index is 2.91. The molecule has 2 atom stereocenters. The molecule has 0 fully saturated rings. The molecule has 106 valence electrons. The number of esters is 2. The van der Waals surface area contributed by atoms with Crippen LogP contribution < -0.4 is 0 Å². The molecule has 0 saturated carbocycles. The third-order valence-electron chi connectivity index (χ3n) is 2.61. The molecule has 1 aromatic rings. The molecule has 0 radical (unpaired) electrons. The summed E-state index contributed by atoms with van der Waals surface area (Å²) in [4.78, 5) is 22.0. The molecule has 1 aromatic carbocycles. The predicted octanol–water partition coefficient (Wildman–Crippen LogP) is 3.27. The van der Waals surface area contributed by atoms with Crippen LogP contribution in [-0.2, 0) is 19.1 Å². The lowest BCUT2D eigenvalue weighted by Crippen LogP contribution is -2.08. The fourth-order valence-corrected chi connectivity index (χ4v) is 1.74. The van der Waals surface area contributed by atoms with Crippen LogP contribution >= 0.6 is 0 Å². The van der Waals surface area contributed by atoms with Crippen molar-refractivity contribution in [3.05, 3.63) is 60.7 Å². The molecule has 0 aliphatic carbocycles. The van der Waals surface area contributed by atoms with E-state index in [4.69, 9.17) is 9.47 Å². The minimum Gasteiger partial charge on any atom is -0.453 e. The summed E-state index contributed by atoms with van der Waals surface area (Å²) in [5.74, 6) is -0.745. The van der Waals surface area contributed by atoms with Crippen LogP contribution in [0.2, 0.25) is 0 Å². The summed E-state index contributed by atoms with van der Waals surface area (Å²) in [6, 6.07) is 7.18. The first-order valence-electron chi connectivity index (χ1n) is 6.17. The molecule has 0 saturated heterocycles. The SMILES string of the molecule is C=CC(OC(C)=O)c1ccc(C(C=C)OC(C)=O)cc1. The van der Waals surface area contributed by atoms with Gasteiger partial charge in [-0.15, -0.1) is 0 Å². The largest absolute Gasteiger partial charge is 0.453 e. The van der Waals surface area contributed by atoms with E-state index in [-0.39, 0.29) is 11.9 Å². The molecule has 0 spiro atoms. The first kappa shape index (κ1) is 15.7. The normalized spacial score (nSPS) is 12.9. The molecule has 2 unspecified atom stereocenters. The van der Waals surface area contributed by atoms with Gasteiger partial charge in [0.1, 0.15) is 12.2 Å². The first-order valence-corrected chi connectivity index (χ1v) is 6.17. The van der Waals surface area contributed by atoms with Crippen molar-refractivity contribution < 1.29 is 19.1 Å². The Kier molecular flexibility index (Phi) is 5.72. The molecule has 4 nitrogen and oxygen atoms in total. The van der Waals surface area contributed by atoms with Crippen molar-refractivity contribution in [1.82, 2.24) is 0 Å². The smallest absolute Gasteiger partial charge is 0.303 e. The van der Waals surface area contributed by atoms with Gasteiger partial charge in [-0.25, -0.2) is 0 Å². The Hall–Kier alpha value is -2.36. The minimum atomic E-state index is -0.488. The van der Waals surface area contributed by atoms with Crippen LogP contribution in [0.15, 0.2) is 49.6 Å². The first-order chi connectivity index (χ1) is 9.47. The van der Waals surface area contributed by atoms with E-state index in [9.17, 15) is 9.59 Å². The van der Waals surface area contributed by atoms with Crippen molar-refractivity contribution in [2.24, 2.45) is 0 Å². The number of rotatable bonds is 6. The van der Waals surface area contributed by atoms with Crippen molar-refractivity contribution in [3.63, 3.8) is 0 Å². The van der Waals surface area contributed by atoms with Gasteiger partial charge in [0.25, 0.3) is 0 Å². The molecular weight excluding hydrogens is 256 g/mol. The minimum absolute atomic E-state index is 0.372. The third kappa shape index (κ3) is 4.39. The molecule has 20 heavy (non-hydrogen) atoms. The van der Waals surface area contributed by atoms with Crippen LogP contribution in [0.25, 0.3) is 0 Å². The maximum absolute atomic E-state index is 11.0. The van der Waals surface area contributed by atoms with Gasteiger partial charge < -0.3 is 9.47 Å². The van der Waals surface area contributed by atoms with Crippen LogP contribution in [-0.4, -0.2) is 11.9 Å². The third-order valence-corrected chi connectivity index (χ3v) is 2.61. The van der Waals surface area contributed by atoms with Gasteiger partial charge in [-0.05, 0) is 23.3 Å². The molecule has 4 heteroatoms. The van der Waals surface area contributed by atoms with E-state index in [0.717, 1.165) is 11.1 Å². The Morgan fingerprint density at radius 2 is 1.20 bits per heavy atom. The number of ether oxygens (including phenoxy) is 2. The number of hydrogen-bond donors (Lipinski definition) is 0. The zero-order chi connectivity index (χ0) is 15.1. The highest BCUT2D eigenvalue weighted by Gasteiger charge is 2.14. The van der Waals surface area contributed by atoms with Crippen LogP contribution in [0, 0.1) is 0 Å². The van der Waals surface area contributed by atoms with Gasteiger partial charge in [0, 0.05) is 13.8 Å². The van der Waals surface area contributed by atoms with Gasteiger partial charge in [-0.3, -0.25) is 9.59 Å². The topological polar surface area (TPSA) is 52.6 Å². The lowest BCUT2D eigenvalue weighted by molar-refractivity contribution is -0.145. The molecule has 0 amide bonds. The van der Waals surface area contributed by atoms with Crippen LogP contribution in [0.5, 0.6) is 0 Å². The Labute approximate surface area is 118 Å². The molecule has 0 bridgehead atoms. The second-order valence-corrected chi connectivity index (χ2v) is 4.20. The van der Waals surface area contributed by atoms with Gasteiger partial charge >= 0.3 is 11.9 Å². The van der Waals surface area contributed by atoms with E-state index < -0.39 is 12.2 Å². The molecule has 0 N–H and O–H groups in total. The van der Waals surface area contributed by atoms with E-state index in [1.165, 1.54) is 13.8 Å². The van der Waals surface area contributed by atoms with Crippen molar-refractivity contribution in [2.45, 2.75) is 26.1 Å². The molecule has 1 rings (SSSR count). The number of hydrogen-bond acceptors (Lipinski definition) is 4. The molecule has 0 heterocycles. The Morgan fingerprint density at radius 3 is 1.40 bits per heavy atom. The number of benzene rings is 1. The lowest BCUT2D eigenvalue weighted by atomic mass is 10.0. The second kappa shape index (κ2) is 7.28. The average Bonchev–Trinajstić information content (AvgIpc) is 2.42. The van der Waals surface area contributed by atoms with Gasteiger partial charge in [-0.2, -0.15) is 0 Å². The summed E-state index contributed by atoms with van der Waals surface area (Å²) in [5.41, 5.74) is 1.59. The molecule has 0 aliphatic heterocycles. The summed E-state index contributed by atoms with van der Waals surface area (Å²) in [7, 11) is 0. The number of carbonyl (C=O) groups excluding carboxylic acids is 2. The standard InChI is InChI=1S/C16H18O4/c1-5-15(19-11(3)17)13-7-9-14(10-8-13)16(6-2)20-12(4)18/h5-10,15-16H,1-2H2,3-4H3. The van der Waals surface area contributed by atoms with E-state index in [2.05, 4.69) is 13.2 Å². The lowest BCUT2D eigenvalue weighted by Gasteiger charge is -2.16. The van der Waals surface area contributed by atoms with Crippen molar-refractivity contribution in [1.29, 1.82) is 0 Å². The van der Waals surface area contributed by atoms with Crippen molar-refractivity contribution in [2.75, 3.05) is 0 Å². The van der Waals surface area contributed by atoms with Gasteiger partial charge in [0.2, 0.25) is 0 Å². The number of carbonyl (C=O) groups is 2. The summed E-state index contributed by atoms with van der Waals surface area (Å²) >= 11 is 0. The van der Waals surface area contributed by atoms with E-state index in [1.54, 1.807) is 36.4 Å². The van der Waals surface area contributed by atoms with Crippen molar-refractivity contribution in [3.8, 4) is 0 Å². The fourth-order valence-electron chi connectivity index (χ4n) is 1.74. The van der Waals surface area contributed by atoms with E-state index >= 15 is 0 Å². The monoisotopic (exact) mass is 274 g/mol. The highest BCUT2D eigenvalue weighted by atomic mass is 16.5. The summed E-state index contributed by atoms with van der Waals surface area (Å²) < 4.78 is 10.2. The maximum Gasteiger partial charge on any atom is 0.303 e. The van der Waals surface area contributed by atoms with Crippen LogP contribution in [0.4, 0.5) is 0 Å². The van der Waals surface area contributed by atoms with Gasteiger partial charge in [0.05, 0.1) is 0 Å². The molecule has 0 aromatic heterocycles. The summed E-state index contributed by atoms with van der Waals surface area (Å²) in [6.07, 6.45) is 2.12. The van der Waals surface area contributed by atoms with E-state index in [0.29, 0.717) is 0 Å². The Bertz CT molecular complexity index is 455. The highest BCUT2D eigenvalue weighted by Crippen LogP contribution is 2.23. The van der Waals surface area contributed by atoms with Gasteiger partial charge in [0.15, 0.2) is 0 Å². The zero-order valence-corrected chi connectivity index (χ0v) is 11.7. The summed E-state index contributed by atoms with van der Waals surface area (Å²) in [6.45, 7) is 9.97. The highest BCUT2D eigenvalue weighted by molar-refractivity contribution is 5.67. The quantitative estimate of drug-likeness (QED) is 0.590. The predicted molar refractivity (Wildman–Crippen MR) is 75.9 cm³/mol. The maximum atomic E-state index is 11.0. The van der Waals surface area contributed by atoms with E-state index in [1.807, 2.05) is 0 Å². The van der Waals surface area contributed by atoms with Crippen LogP contribution in [0.1, 0.15) is 37.2 Å². The van der Waals surface area contributed by atoms with Gasteiger partial charge in [-0.1, -0.05) is 37.4 Å². The van der Waals surface area contributed by atoms with Crippen LogP contribution in [0.3, 0.4) is 0 Å². The average molecular weight is 274 g/mol. The second-order valence-electron chi connectivity index (χ2n) is 4.20. The fraction of sp³-hybridized carbons (Fsp3) is 0.250. The van der Waals surface area contributed by atoms with Crippen molar-refractivity contribution >= 4 is 11.9 Å². The summed E-state index contributed by atoms with van der Waals surface area (Å²) in [5, 5.41) is 0.